The van der Waals surface area contributed by atoms with E-state index in [1.165, 1.54) is 63.8 Å². The number of oxazole rings is 3. The maximum absolute atomic E-state index is 14.2. The molecule has 30 nitrogen and oxygen atoms in total. The summed E-state index contributed by atoms with van der Waals surface area (Å²) in [4.78, 5) is 97.5. The van der Waals surface area contributed by atoms with E-state index in [0.717, 1.165) is 55.0 Å². The van der Waals surface area contributed by atoms with Crippen molar-refractivity contribution in [1.29, 1.82) is 0 Å². The van der Waals surface area contributed by atoms with E-state index in [9.17, 15) is 95.7 Å². The number of nitrogens with zero attached hydrogens (tertiary/aromatic N) is 6. The zero-order chi connectivity index (χ0) is 102. The third kappa shape index (κ3) is 33.9. The molecule has 138 heavy (non-hydrogen) atoms. The Hall–Kier alpha value is -11.0. The third-order valence-electron chi connectivity index (χ3n) is 18.0. The Bertz CT molecular complexity index is 5970. The molecule has 6 heterocycles. The van der Waals surface area contributed by atoms with Gasteiger partial charge in [-0.2, -0.15) is 39.5 Å². The van der Waals surface area contributed by atoms with Gasteiger partial charge in [0.05, 0.1) is 65.6 Å². The molecule has 0 spiro atoms. The van der Waals surface area contributed by atoms with Crippen LogP contribution in [0.2, 0.25) is 0 Å². The molecule has 0 saturated carbocycles. The van der Waals surface area contributed by atoms with Crippen LogP contribution in [0.25, 0.3) is 67.1 Å². The van der Waals surface area contributed by atoms with E-state index in [0.29, 0.717) is 39.0 Å². The Morgan fingerprint density at radius 1 is 0.478 bits per heavy atom. The number of hydrogen-bond donors (Lipinski definition) is 6. The summed E-state index contributed by atoms with van der Waals surface area (Å²) in [6.45, 7) is 22.6. The quantitative estimate of drug-likeness (QED) is 0.00633. The monoisotopic (exact) mass is 2230 g/mol. The van der Waals surface area contributed by atoms with Crippen LogP contribution in [0.5, 0.6) is 17.2 Å². The molecule has 3 atom stereocenters. The van der Waals surface area contributed by atoms with Gasteiger partial charge in [0, 0.05) is 62.7 Å². The first-order valence-corrected chi connectivity index (χ1v) is 50.1. The van der Waals surface area contributed by atoms with Crippen LogP contribution < -0.4 is 35.5 Å². The SMILES string of the molecule is C.CCCCOC(=O)N[C@@H](CO)c1oc(-c2ccc(OC)c3nc(C(F)(F)F)ccc23)nc1C(=O)NCc1ccc(F)cc1F.CCOOCc1nc(-c2ccc(OC)c3nc(C(F)(F)F)ccc23)oc1C(COC(C)(C)C)NC(=O)OC(C)(C)C.COc1ccc(-c2nc(C(=O)O)c([C@H](COC(C)(C)C)NC(=O)OC(C)(C)C)o2)c2ccc(C(F)(F)F)nc12.FCc1ccc(F)cc1F.[I][V][I]. The zero-order valence-electron chi connectivity index (χ0n) is 76.6. The van der Waals surface area contributed by atoms with E-state index >= 15 is 0 Å². The minimum atomic E-state index is -4.74. The van der Waals surface area contributed by atoms with Crippen LogP contribution in [0.15, 0.2) is 122 Å². The summed E-state index contributed by atoms with van der Waals surface area (Å²) in [6.07, 6.45) is -15.3. The van der Waals surface area contributed by atoms with Crippen molar-refractivity contribution in [2.24, 2.45) is 0 Å². The number of amides is 4. The fourth-order valence-corrected chi connectivity index (χ4v) is 12.0. The molecule has 753 valence electrons. The second-order valence-electron chi connectivity index (χ2n) is 32.9. The van der Waals surface area contributed by atoms with Crippen molar-refractivity contribution in [1.82, 2.24) is 51.2 Å². The number of carboxylic acids is 1. The number of ether oxygens (including phenoxy) is 8. The van der Waals surface area contributed by atoms with Gasteiger partial charge in [-0.1, -0.05) is 32.9 Å². The number of benzene rings is 5. The molecule has 4 amide bonds. The van der Waals surface area contributed by atoms with Crippen molar-refractivity contribution in [3.63, 3.8) is 0 Å². The Morgan fingerprint density at radius 2 is 0.855 bits per heavy atom. The van der Waals surface area contributed by atoms with Gasteiger partial charge in [-0.3, -0.25) is 4.79 Å². The van der Waals surface area contributed by atoms with Crippen LogP contribution in [0.3, 0.4) is 0 Å². The first-order chi connectivity index (χ1) is 64.0. The molecule has 0 aliphatic carbocycles. The number of halogens is 16. The Labute approximate surface area is 811 Å². The van der Waals surface area contributed by atoms with E-state index in [2.05, 4.69) is 91.1 Å². The summed E-state index contributed by atoms with van der Waals surface area (Å²) in [6, 6.07) is 16.9. The molecular formula is C91H102F14I2N10O20V. The van der Waals surface area contributed by atoms with Crippen LogP contribution in [0, 0.1) is 23.3 Å². The van der Waals surface area contributed by atoms with E-state index < -0.39 is 161 Å². The fourth-order valence-electron chi connectivity index (χ4n) is 12.0. The Balaban J connectivity index is 0.000000296. The summed E-state index contributed by atoms with van der Waals surface area (Å²) in [5.41, 5.74) is -6.75. The number of carbonyl (C=O) groups excluding carboxylic acids is 4. The van der Waals surface area contributed by atoms with Crippen molar-refractivity contribution in [2.75, 3.05) is 54.4 Å². The van der Waals surface area contributed by atoms with E-state index in [1.54, 1.807) is 75.3 Å². The molecule has 0 aliphatic heterocycles. The van der Waals surface area contributed by atoms with Gasteiger partial charge in [-0.15, -0.1) is 0 Å². The van der Waals surface area contributed by atoms with Gasteiger partial charge in [0.1, 0.15) is 122 Å². The first-order valence-electron chi connectivity index (χ1n) is 41.1. The number of aromatic carboxylic acids is 1. The zero-order valence-corrected chi connectivity index (χ0v) is 82.3. The normalized spacial score (nSPS) is 12.4. The van der Waals surface area contributed by atoms with Crippen LogP contribution >= 0.6 is 40.0 Å². The van der Waals surface area contributed by atoms with Gasteiger partial charge in [-0.25, -0.2) is 80.8 Å². The standard InChI is InChI=1S/C29H27F5N4O6.C28H36F3N3O7.C26H30F3N3O7.C7H5F3.CH4.2HI.V/c1-3-4-11-43-28(41)36-20(14-39)25-24(26(40)35-13-15-5-6-16(30)12-19(15)31)38-27(44-25)18-7-9-21(42-2)23-17(18)8-10-22(37-23)29(32,33)34;1-9-38-39-15-19-23(18(14-37-26(2,3)4)33-25(35)41-27(5,6)7)40-24(32-19)17-10-12-20(36-8)22-16(17)11-13-21(34-22)28(29,30)31;1-24(2,3)37-12-15(30-23(35)39-25(4,5)6)20-19(22(33)34)32-21(38-20)14-8-10-16(36-7)18-13(14)9-11-17(31-18)26(27,28)29;8-4-5-1-2-6(9)3-7(5)10;;;;/h5-10,12,20,39H,3-4,11,13-14H2,1-2H3,(H,35,40)(H,36,41);10-13,18H,9,14-15H2,1-8H3,(H,33,35);8-11,15H,12H2,1-7H3,(H,30,35)(H,33,34);1-3H,4H2;1H4;2*1H;/q;;;;;;;+2/p-2/t20-;;15-;;;;;/m0.0...../s1. The van der Waals surface area contributed by atoms with E-state index in [1.807, 2.05) is 27.7 Å². The summed E-state index contributed by atoms with van der Waals surface area (Å²) in [7, 11) is 4.50. The van der Waals surface area contributed by atoms with Crippen molar-refractivity contribution in [3.8, 4) is 51.6 Å². The van der Waals surface area contributed by atoms with Crippen molar-refractivity contribution < 1.29 is 166 Å². The Kier molecular flexibility index (Phi) is 42.5. The number of alkyl halides is 10. The minimum absolute atomic E-state index is 0. The number of pyridine rings is 3. The van der Waals surface area contributed by atoms with Gasteiger partial charge in [0.2, 0.25) is 17.7 Å². The molecule has 0 radical (unpaired) electrons. The molecule has 0 fully saturated rings. The first kappa shape index (κ1) is 116. The number of aliphatic hydroxyl groups is 1. The second kappa shape index (κ2) is 50.7. The van der Waals surface area contributed by atoms with Crippen molar-refractivity contribution in [3.05, 3.63) is 195 Å². The predicted molar refractivity (Wildman–Crippen MR) is 488 cm³/mol. The molecule has 0 saturated heterocycles. The molecule has 6 N–H and O–H groups in total. The topological polar surface area (TPSA) is 383 Å². The number of carboxylic acid groups (broad SMARTS) is 1. The molecule has 11 rings (SSSR count). The van der Waals surface area contributed by atoms with E-state index in [4.69, 9.17) is 60.9 Å². The summed E-state index contributed by atoms with van der Waals surface area (Å²) in [5, 5.41) is 30.7. The molecule has 0 bridgehead atoms. The predicted octanol–water partition coefficient (Wildman–Crippen LogP) is 23.3. The number of rotatable bonds is 29. The molecule has 47 heteroatoms. The number of aliphatic hydroxyl groups excluding tert-OH is 1. The number of aromatic nitrogens is 6. The number of hydrogen-bond acceptors (Lipinski definition) is 25. The number of methoxy groups -OCH3 is 3. The van der Waals surface area contributed by atoms with E-state index in [-0.39, 0.29) is 148 Å². The summed E-state index contributed by atoms with van der Waals surface area (Å²) in [5.74, 6) is -6.20. The Morgan fingerprint density at radius 3 is 1.21 bits per heavy atom. The van der Waals surface area contributed by atoms with Crippen LogP contribution in [-0.2, 0) is 81.3 Å². The van der Waals surface area contributed by atoms with Gasteiger partial charge >= 0.3 is 92.2 Å². The number of unbranched alkanes of at least 4 members (excludes halogenated alkanes) is 1. The van der Waals surface area contributed by atoms with Crippen molar-refractivity contribution >= 4 is 103 Å². The molecule has 0 aliphatic rings. The van der Waals surface area contributed by atoms with Gasteiger partial charge < -0.3 is 82.6 Å². The molecule has 11 aromatic rings. The van der Waals surface area contributed by atoms with Gasteiger partial charge in [0.25, 0.3) is 5.91 Å². The number of carbonyl (C=O) groups is 5. The van der Waals surface area contributed by atoms with Gasteiger partial charge in [-0.05, 0) is 181 Å². The molecule has 6 aromatic heterocycles. The van der Waals surface area contributed by atoms with Crippen LogP contribution in [-0.4, -0.2) is 147 Å². The molecular weight excluding hydrogens is 2120 g/mol. The van der Waals surface area contributed by atoms with Crippen LogP contribution in [0.4, 0.5) is 75.8 Å². The van der Waals surface area contributed by atoms with Gasteiger partial charge in [0.15, 0.2) is 28.7 Å². The molecule has 1 unspecified atom stereocenters. The van der Waals surface area contributed by atoms with Crippen LogP contribution in [0.1, 0.15) is 207 Å². The second-order valence-corrected chi connectivity index (χ2v) is 44.7. The maximum atomic E-state index is 14.2. The summed E-state index contributed by atoms with van der Waals surface area (Å²) < 4.78 is 245. The number of alkyl carbamates (subject to hydrolysis) is 3. The third-order valence-corrected chi connectivity index (χ3v) is 18.0. The number of fused-ring (bicyclic) bond motifs is 3. The summed E-state index contributed by atoms with van der Waals surface area (Å²) >= 11 is 4.74. The average molecular weight is 2230 g/mol. The van der Waals surface area contributed by atoms with Crippen molar-refractivity contribution in [2.45, 2.75) is 196 Å². The number of nitrogens with one attached hydrogen (secondary N) is 4. The average Bonchev–Trinajstić information content (AvgIpc) is 1.47. The molecule has 5 aromatic carbocycles. The fraction of sp³-hybridized carbons (Fsp3) is 0.418.